The highest BCUT2D eigenvalue weighted by Gasteiger charge is 2.17. The van der Waals surface area contributed by atoms with Crippen LogP contribution in [0.5, 0.6) is 0 Å². The third-order valence-corrected chi connectivity index (χ3v) is 4.95. The molecular formula is C16H16ClN3O4S. The summed E-state index contributed by atoms with van der Waals surface area (Å²) in [5, 5.41) is 4.94. The van der Waals surface area contributed by atoms with E-state index in [0.29, 0.717) is 5.56 Å². The lowest BCUT2D eigenvalue weighted by molar-refractivity contribution is 0.0846. The van der Waals surface area contributed by atoms with E-state index in [1.807, 2.05) is 13.8 Å². The zero-order chi connectivity index (χ0) is 18.8. The van der Waals surface area contributed by atoms with Gasteiger partial charge >= 0.3 is 0 Å². The van der Waals surface area contributed by atoms with Crippen molar-refractivity contribution in [1.29, 1.82) is 0 Å². The number of halogens is 1. The number of aryl methyl sites for hydroxylation is 2. The molecule has 0 atom stereocenters. The Bertz CT molecular complexity index is 958. The Morgan fingerprint density at radius 3 is 1.96 bits per heavy atom. The molecule has 0 unspecified atom stereocenters. The Morgan fingerprint density at radius 1 is 0.920 bits per heavy atom. The van der Waals surface area contributed by atoms with Gasteiger partial charge in [-0.05, 0) is 55.3 Å². The number of primary sulfonamides is 1. The number of hydrogen-bond acceptors (Lipinski definition) is 4. The third-order valence-electron chi connectivity index (χ3n) is 3.56. The summed E-state index contributed by atoms with van der Waals surface area (Å²) in [5.41, 5.74) is 6.81. The molecule has 0 aliphatic heterocycles. The molecule has 0 aliphatic rings. The lowest BCUT2D eigenvalue weighted by atomic mass is 10.1. The summed E-state index contributed by atoms with van der Waals surface area (Å²) < 4.78 is 22.9. The highest BCUT2D eigenvalue weighted by Crippen LogP contribution is 2.21. The van der Waals surface area contributed by atoms with Crippen LogP contribution in [0.1, 0.15) is 31.8 Å². The van der Waals surface area contributed by atoms with Gasteiger partial charge in [-0.1, -0.05) is 17.7 Å². The van der Waals surface area contributed by atoms with Crippen molar-refractivity contribution in [3.8, 4) is 0 Å². The summed E-state index contributed by atoms with van der Waals surface area (Å²) in [6.45, 7) is 3.79. The Morgan fingerprint density at radius 2 is 1.44 bits per heavy atom. The Kier molecular flexibility index (Phi) is 5.46. The minimum Gasteiger partial charge on any atom is -0.267 e. The molecule has 132 valence electrons. The molecule has 2 aromatic rings. The minimum atomic E-state index is -4.07. The third kappa shape index (κ3) is 4.56. The number of rotatable bonds is 3. The molecule has 0 heterocycles. The number of nitrogens with two attached hydrogens (primary N) is 1. The fraction of sp³-hybridized carbons (Fsp3) is 0.125. The van der Waals surface area contributed by atoms with Gasteiger partial charge in [0.15, 0.2) is 0 Å². The minimum absolute atomic E-state index is 0.0196. The molecule has 0 bridgehead atoms. The molecular weight excluding hydrogens is 366 g/mol. The van der Waals surface area contributed by atoms with Crippen molar-refractivity contribution >= 4 is 33.4 Å². The molecule has 7 nitrogen and oxygen atoms in total. The summed E-state index contributed by atoms with van der Waals surface area (Å²) in [4.78, 5) is 23.8. The average Bonchev–Trinajstić information content (AvgIpc) is 2.54. The van der Waals surface area contributed by atoms with Crippen LogP contribution < -0.4 is 16.0 Å². The highest BCUT2D eigenvalue weighted by atomic mass is 35.5. The van der Waals surface area contributed by atoms with Crippen LogP contribution >= 0.6 is 11.6 Å². The van der Waals surface area contributed by atoms with Gasteiger partial charge in [-0.3, -0.25) is 20.4 Å². The van der Waals surface area contributed by atoms with Gasteiger partial charge in [0, 0.05) is 11.1 Å². The summed E-state index contributed by atoms with van der Waals surface area (Å²) in [5.74, 6) is -1.21. The van der Waals surface area contributed by atoms with E-state index < -0.39 is 21.8 Å². The quantitative estimate of drug-likeness (QED) is 0.701. The van der Waals surface area contributed by atoms with E-state index in [4.69, 9.17) is 16.7 Å². The average molecular weight is 382 g/mol. The molecule has 4 N–H and O–H groups in total. The molecule has 25 heavy (non-hydrogen) atoms. The molecule has 0 fully saturated rings. The van der Waals surface area contributed by atoms with E-state index in [1.54, 1.807) is 18.2 Å². The maximum atomic E-state index is 12.1. The molecule has 0 saturated carbocycles. The number of carbonyl (C=O) groups is 2. The van der Waals surface area contributed by atoms with Gasteiger partial charge in [-0.25, -0.2) is 13.6 Å². The second kappa shape index (κ2) is 7.22. The van der Waals surface area contributed by atoms with Gasteiger partial charge in [-0.15, -0.1) is 0 Å². The second-order valence-electron chi connectivity index (χ2n) is 5.40. The number of hydrazine groups is 1. The number of sulfonamides is 1. The van der Waals surface area contributed by atoms with Crippen molar-refractivity contribution in [3.63, 3.8) is 0 Å². The van der Waals surface area contributed by atoms with Gasteiger partial charge in [0.05, 0.1) is 5.02 Å². The standard InChI is InChI=1S/C16H16ClN3O4S/c1-9-3-4-11(7-10(9)2)15(21)19-20-16(22)12-5-6-13(17)14(8-12)25(18,23)24/h3-8H,1-2H3,(H,19,21)(H,20,22)(H2,18,23,24). The molecule has 0 aliphatic carbocycles. The van der Waals surface area contributed by atoms with Gasteiger partial charge < -0.3 is 0 Å². The van der Waals surface area contributed by atoms with Gasteiger partial charge in [-0.2, -0.15) is 0 Å². The summed E-state index contributed by atoms with van der Waals surface area (Å²) in [6, 6.07) is 8.71. The zero-order valence-corrected chi connectivity index (χ0v) is 15.0. The lowest BCUT2D eigenvalue weighted by Gasteiger charge is -2.10. The lowest BCUT2D eigenvalue weighted by Crippen LogP contribution is -2.41. The second-order valence-corrected chi connectivity index (χ2v) is 7.33. The van der Waals surface area contributed by atoms with Crippen molar-refractivity contribution in [2.45, 2.75) is 18.7 Å². The Balaban J connectivity index is 2.12. The molecule has 0 aromatic heterocycles. The highest BCUT2D eigenvalue weighted by molar-refractivity contribution is 7.89. The molecule has 0 saturated heterocycles. The van der Waals surface area contributed by atoms with E-state index in [0.717, 1.165) is 17.2 Å². The SMILES string of the molecule is Cc1ccc(C(=O)NNC(=O)c2ccc(Cl)c(S(N)(=O)=O)c2)cc1C. The van der Waals surface area contributed by atoms with Crippen molar-refractivity contribution in [3.05, 3.63) is 63.7 Å². The van der Waals surface area contributed by atoms with Crippen LogP contribution in [0.25, 0.3) is 0 Å². The van der Waals surface area contributed by atoms with E-state index in [9.17, 15) is 18.0 Å². The van der Waals surface area contributed by atoms with Crippen molar-refractivity contribution in [2.75, 3.05) is 0 Å². The molecule has 2 rings (SSSR count). The monoisotopic (exact) mass is 381 g/mol. The zero-order valence-electron chi connectivity index (χ0n) is 13.5. The van der Waals surface area contributed by atoms with Crippen LogP contribution in [0.3, 0.4) is 0 Å². The van der Waals surface area contributed by atoms with Crippen molar-refractivity contribution < 1.29 is 18.0 Å². The van der Waals surface area contributed by atoms with Gasteiger partial charge in [0.2, 0.25) is 10.0 Å². The van der Waals surface area contributed by atoms with Gasteiger partial charge in [0.25, 0.3) is 11.8 Å². The molecule has 2 aromatic carbocycles. The van der Waals surface area contributed by atoms with Crippen molar-refractivity contribution in [1.82, 2.24) is 10.9 Å². The van der Waals surface area contributed by atoms with Crippen LogP contribution in [0.15, 0.2) is 41.3 Å². The Hall–Kier alpha value is -2.42. The largest absolute Gasteiger partial charge is 0.269 e. The molecule has 0 radical (unpaired) electrons. The summed E-state index contributed by atoms with van der Waals surface area (Å²) in [7, 11) is -4.07. The van der Waals surface area contributed by atoms with Crippen LogP contribution in [-0.4, -0.2) is 20.2 Å². The molecule has 2 amide bonds. The maximum absolute atomic E-state index is 12.1. The van der Waals surface area contributed by atoms with Gasteiger partial charge in [0.1, 0.15) is 4.90 Å². The predicted octanol–water partition coefficient (Wildman–Crippen LogP) is 1.68. The van der Waals surface area contributed by atoms with E-state index in [2.05, 4.69) is 10.9 Å². The fourth-order valence-electron chi connectivity index (χ4n) is 2.00. The predicted molar refractivity (Wildman–Crippen MR) is 93.7 cm³/mol. The number of nitrogens with one attached hydrogen (secondary N) is 2. The first kappa shape index (κ1) is 18.9. The number of hydrogen-bond donors (Lipinski definition) is 3. The number of benzene rings is 2. The van der Waals surface area contributed by atoms with E-state index in [1.165, 1.54) is 12.1 Å². The first-order valence-electron chi connectivity index (χ1n) is 7.10. The number of carbonyl (C=O) groups excluding carboxylic acids is 2. The number of amides is 2. The first-order chi connectivity index (χ1) is 11.6. The summed E-state index contributed by atoms with van der Waals surface area (Å²) in [6.07, 6.45) is 0. The smallest absolute Gasteiger partial charge is 0.267 e. The molecule has 0 spiro atoms. The van der Waals surface area contributed by atoms with Crippen LogP contribution in [0, 0.1) is 13.8 Å². The fourth-order valence-corrected chi connectivity index (χ4v) is 3.07. The van der Waals surface area contributed by atoms with Crippen molar-refractivity contribution in [2.24, 2.45) is 5.14 Å². The Labute approximate surface area is 150 Å². The topological polar surface area (TPSA) is 118 Å². The van der Waals surface area contributed by atoms with E-state index >= 15 is 0 Å². The van der Waals surface area contributed by atoms with E-state index in [-0.39, 0.29) is 15.5 Å². The van der Waals surface area contributed by atoms with Crippen LogP contribution in [0.4, 0.5) is 0 Å². The van der Waals surface area contributed by atoms with Crippen LogP contribution in [0.2, 0.25) is 5.02 Å². The normalized spacial score (nSPS) is 11.0. The maximum Gasteiger partial charge on any atom is 0.269 e. The molecule has 9 heteroatoms. The summed E-state index contributed by atoms with van der Waals surface area (Å²) >= 11 is 5.76. The first-order valence-corrected chi connectivity index (χ1v) is 9.02. The van der Waals surface area contributed by atoms with Crippen LogP contribution in [-0.2, 0) is 10.0 Å².